The molecule has 156 valence electrons. The van der Waals surface area contributed by atoms with E-state index in [1.807, 2.05) is 31.2 Å². The minimum atomic E-state index is -0.906. The van der Waals surface area contributed by atoms with Gasteiger partial charge in [0.05, 0.1) is 12.1 Å². The Balaban J connectivity index is 1.72. The molecule has 0 N–H and O–H groups in total. The molecule has 1 aliphatic heterocycles. The van der Waals surface area contributed by atoms with Gasteiger partial charge in [-0.2, -0.15) is 0 Å². The van der Waals surface area contributed by atoms with E-state index in [4.69, 9.17) is 11.6 Å². The fourth-order valence-electron chi connectivity index (χ4n) is 3.79. The summed E-state index contributed by atoms with van der Waals surface area (Å²) in [5.74, 6) is -1.06. The molecule has 1 aliphatic rings. The topological polar surface area (TPSA) is 57.7 Å². The number of amides is 3. The maximum absolute atomic E-state index is 13.5. The zero-order valence-electron chi connectivity index (χ0n) is 17.0. The van der Waals surface area contributed by atoms with Gasteiger partial charge >= 0.3 is 0 Å². The van der Waals surface area contributed by atoms with Crippen LogP contribution in [-0.2, 0) is 16.1 Å². The average molecular weight is 433 g/mol. The molecular formula is C25H21ClN2O3. The molecule has 6 heteroatoms. The van der Waals surface area contributed by atoms with Crippen LogP contribution >= 0.6 is 11.6 Å². The molecule has 0 aliphatic carbocycles. The van der Waals surface area contributed by atoms with E-state index in [1.165, 1.54) is 4.90 Å². The maximum atomic E-state index is 13.5. The van der Waals surface area contributed by atoms with E-state index in [2.05, 4.69) is 0 Å². The fraction of sp³-hybridized carbons (Fsp3) is 0.160. The van der Waals surface area contributed by atoms with E-state index in [1.54, 1.807) is 54.6 Å². The lowest BCUT2D eigenvalue weighted by molar-refractivity contribution is -0.122. The largest absolute Gasteiger partial charge is 0.322 e. The Labute approximate surface area is 185 Å². The van der Waals surface area contributed by atoms with Crippen molar-refractivity contribution in [2.24, 2.45) is 0 Å². The zero-order valence-corrected chi connectivity index (χ0v) is 17.8. The number of anilines is 1. The second kappa shape index (κ2) is 8.74. The van der Waals surface area contributed by atoms with E-state index >= 15 is 0 Å². The third-order valence-electron chi connectivity index (χ3n) is 5.34. The first kappa shape index (κ1) is 20.8. The highest BCUT2D eigenvalue weighted by Crippen LogP contribution is 2.29. The third-order valence-corrected chi connectivity index (χ3v) is 5.71. The molecule has 4 rings (SSSR count). The second-order valence-corrected chi connectivity index (χ2v) is 7.92. The molecule has 3 amide bonds. The molecule has 0 bridgehead atoms. The highest BCUT2D eigenvalue weighted by Gasteiger charge is 2.44. The summed E-state index contributed by atoms with van der Waals surface area (Å²) in [5, 5.41) is 0.501. The van der Waals surface area contributed by atoms with E-state index in [0.29, 0.717) is 21.8 Å². The summed E-state index contributed by atoms with van der Waals surface area (Å²) >= 11 is 6.34. The summed E-state index contributed by atoms with van der Waals surface area (Å²) in [4.78, 5) is 42.2. The van der Waals surface area contributed by atoms with Crippen LogP contribution in [0.3, 0.4) is 0 Å². The van der Waals surface area contributed by atoms with Crippen molar-refractivity contribution in [3.05, 3.63) is 101 Å². The highest BCUT2D eigenvalue weighted by atomic mass is 35.5. The van der Waals surface area contributed by atoms with Crippen molar-refractivity contribution in [3.8, 4) is 0 Å². The monoisotopic (exact) mass is 432 g/mol. The predicted molar refractivity (Wildman–Crippen MR) is 120 cm³/mol. The Morgan fingerprint density at radius 3 is 2.42 bits per heavy atom. The second-order valence-electron chi connectivity index (χ2n) is 7.52. The molecule has 5 nitrogen and oxygen atoms in total. The number of benzene rings is 3. The van der Waals surface area contributed by atoms with Gasteiger partial charge in [-0.1, -0.05) is 65.7 Å². The normalized spacial score (nSPS) is 15.9. The number of aryl methyl sites for hydroxylation is 1. The van der Waals surface area contributed by atoms with E-state index in [-0.39, 0.29) is 24.8 Å². The number of halogens is 1. The first-order chi connectivity index (χ1) is 15.0. The van der Waals surface area contributed by atoms with Crippen LogP contribution in [0.5, 0.6) is 0 Å². The minimum Gasteiger partial charge on any atom is -0.322 e. The number of nitrogens with zero attached hydrogens (tertiary/aromatic N) is 2. The van der Waals surface area contributed by atoms with Crippen molar-refractivity contribution in [1.29, 1.82) is 0 Å². The molecule has 1 heterocycles. The van der Waals surface area contributed by atoms with Gasteiger partial charge in [0, 0.05) is 17.1 Å². The molecule has 0 aromatic heterocycles. The van der Waals surface area contributed by atoms with Gasteiger partial charge in [0.15, 0.2) is 0 Å². The molecule has 3 aromatic rings. The van der Waals surface area contributed by atoms with Crippen LogP contribution in [0.25, 0.3) is 0 Å². The molecule has 3 aromatic carbocycles. The lowest BCUT2D eigenvalue weighted by Crippen LogP contribution is -2.45. The molecule has 0 saturated carbocycles. The quantitative estimate of drug-likeness (QED) is 0.552. The molecule has 1 saturated heterocycles. The molecule has 31 heavy (non-hydrogen) atoms. The lowest BCUT2D eigenvalue weighted by atomic mass is 10.1. The van der Waals surface area contributed by atoms with Crippen LogP contribution in [0.1, 0.15) is 27.9 Å². The first-order valence-corrected chi connectivity index (χ1v) is 10.4. The van der Waals surface area contributed by atoms with Crippen molar-refractivity contribution in [2.75, 3.05) is 4.90 Å². The van der Waals surface area contributed by atoms with Crippen LogP contribution in [0.4, 0.5) is 5.69 Å². The van der Waals surface area contributed by atoms with Gasteiger partial charge < -0.3 is 4.90 Å². The van der Waals surface area contributed by atoms with Crippen molar-refractivity contribution in [1.82, 2.24) is 4.90 Å². The number of para-hydroxylation sites is 1. The zero-order chi connectivity index (χ0) is 22.0. The van der Waals surface area contributed by atoms with Crippen LogP contribution in [-0.4, -0.2) is 28.7 Å². The Hall–Kier alpha value is -3.44. The Morgan fingerprint density at radius 1 is 1.00 bits per heavy atom. The van der Waals surface area contributed by atoms with Gasteiger partial charge in [-0.15, -0.1) is 0 Å². The van der Waals surface area contributed by atoms with Crippen LogP contribution in [0.2, 0.25) is 5.02 Å². The van der Waals surface area contributed by atoms with Crippen LogP contribution in [0.15, 0.2) is 78.9 Å². The summed E-state index contributed by atoms with van der Waals surface area (Å²) in [5.41, 5.74) is 2.61. The fourth-order valence-corrected chi connectivity index (χ4v) is 3.98. The summed E-state index contributed by atoms with van der Waals surface area (Å²) < 4.78 is 0. The Kier molecular flexibility index (Phi) is 5.87. The van der Waals surface area contributed by atoms with Crippen molar-refractivity contribution in [3.63, 3.8) is 0 Å². The van der Waals surface area contributed by atoms with Crippen molar-refractivity contribution < 1.29 is 14.4 Å². The SMILES string of the molecule is Cc1cccc(C(=O)N(Cc2ccccc2Cl)C2CC(=O)N(c3ccccc3)C2=O)c1. The Morgan fingerprint density at radius 2 is 1.71 bits per heavy atom. The summed E-state index contributed by atoms with van der Waals surface area (Å²) in [6.07, 6.45) is -0.0737. The standard InChI is InChI=1S/C25H21ClN2O3/c1-17-8-7-10-18(14-17)24(30)27(16-19-9-5-6-13-21(19)26)22-15-23(29)28(25(22)31)20-11-3-2-4-12-20/h2-14,22H,15-16H2,1H3. The Bertz CT molecular complexity index is 1150. The minimum absolute atomic E-state index is 0.0737. The van der Waals surface area contributed by atoms with E-state index < -0.39 is 11.9 Å². The summed E-state index contributed by atoms with van der Waals surface area (Å²) in [6.45, 7) is 2.02. The van der Waals surface area contributed by atoms with Gasteiger partial charge in [-0.3, -0.25) is 14.4 Å². The average Bonchev–Trinajstić information content (AvgIpc) is 3.07. The number of imide groups is 1. The van der Waals surface area contributed by atoms with Gasteiger partial charge in [0.25, 0.3) is 11.8 Å². The summed E-state index contributed by atoms with van der Waals surface area (Å²) in [7, 11) is 0. The number of carbonyl (C=O) groups excluding carboxylic acids is 3. The molecule has 1 fully saturated rings. The number of rotatable bonds is 5. The van der Waals surface area contributed by atoms with Crippen molar-refractivity contribution in [2.45, 2.75) is 25.9 Å². The smallest absolute Gasteiger partial charge is 0.257 e. The first-order valence-electron chi connectivity index (χ1n) is 9.98. The third kappa shape index (κ3) is 4.23. The highest BCUT2D eigenvalue weighted by molar-refractivity contribution is 6.31. The molecule has 0 spiro atoms. The predicted octanol–water partition coefficient (Wildman–Crippen LogP) is 4.62. The van der Waals surface area contributed by atoms with Crippen molar-refractivity contribution >= 4 is 35.0 Å². The molecule has 0 radical (unpaired) electrons. The lowest BCUT2D eigenvalue weighted by Gasteiger charge is -2.28. The van der Waals surface area contributed by atoms with E-state index in [9.17, 15) is 14.4 Å². The van der Waals surface area contributed by atoms with Gasteiger partial charge in [-0.25, -0.2) is 4.90 Å². The summed E-state index contributed by atoms with van der Waals surface area (Å²) in [6, 6.07) is 22.2. The number of carbonyl (C=O) groups is 3. The van der Waals surface area contributed by atoms with Gasteiger partial charge in [0.1, 0.15) is 6.04 Å². The molecular weight excluding hydrogens is 412 g/mol. The molecule has 1 unspecified atom stereocenters. The van der Waals surface area contributed by atoms with Crippen LogP contribution < -0.4 is 4.90 Å². The van der Waals surface area contributed by atoms with Gasteiger partial charge in [-0.05, 0) is 42.8 Å². The van der Waals surface area contributed by atoms with E-state index in [0.717, 1.165) is 10.5 Å². The van der Waals surface area contributed by atoms with Gasteiger partial charge in [0.2, 0.25) is 5.91 Å². The van der Waals surface area contributed by atoms with Crippen LogP contribution in [0, 0.1) is 6.92 Å². The number of hydrogen-bond acceptors (Lipinski definition) is 3. The number of hydrogen-bond donors (Lipinski definition) is 0. The molecule has 1 atom stereocenters. The maximum Gasteiger partial charge on any atom is 0.257 e.